The molecular formula is C16H24FNO. The molecule has 2 unspecified atom stereocenters. The van der Waals surface area contributed by atoms with Gasteiger partial charge in [0.15, 0.2) is 0 Å². The summed E-state index contributed by atoms with van der Waals surface area (Å²) in [7, 11) is 0. The fourth-order valence-electron chi connectivity index (χ4n) is 3.03. The summed E-state index contributed by atoms with van der Waals surface area (Å²) in [6.45, 7) is 3.34. The summed E-state index contributed by atoms with van der Waals surface area (Å²) in [6.07, 6.45) is 5.21. The largest absolute Gasteiger partial charge is 0.396 e. The number of fused-ring (bicyclic) bond motifs is 1. The molecule has 0 heterocycles. The molecule has 1 aliphatic rings. The van der Waals surface area contributed by atoms with Crippen molar-refractivity contribution in [1.82, 2.24) is 5.32 Å². The highest BCUT2D eigenvalue weighted by molar-refractivity contribution is 5.34. The molecule has 0 amide bonds. The molecule has 19 heavy (non-hydrogen) atoms. The molecule has 106 valence electrons. The molecule has 1 aromatic rings. The van der Waals surface area contributed by atoms with Gasteiger partial charge in [0.2, 0.25) is 0 Å². The van der Waals surface area contributed by atoms with Crippen LogP contribution in [-0.4, -0.2) is 18.3 Å². The van der Waals surface area contributed by atoms with Crippen LogP contribution in [0.15, 0.2) is 18.2 Å². The van der Waals surface area contributed by atoms with Crippen LogP contribution >= 0.6 is 0 Å². The summed E-state index contributed by atoms with van der Waals surface area (Å²) in [4.78, 5) is 0. The van der Waals surface area contributed by atoms with Crippen LogP contribution in [0.1, 0.15) is 49.8 Å². The van der Waals surface area contributed by atoms with Gasteiger partial charge in [0.1, 0.15) is 5.82 Å². The topological polar surface area (TPSA) is 32.3 Å². The first-order chi connectivity index (χ1) is 9.24. The number of halogens is 1. The lowest BCUT2D eigenvalue weighted by molar-refractivity contribution is 0.245. The van der Waals surface area contributed by atoms with E-state index in [2.05, 4.69) is 12.2 Å². The molecule has 0 bridgehead atoms. The molecule has 0 radical (unpaired) electrons. The zero-order valence-corrected chi connectivity index (χ0v) is 11.7. The first kappa shape index (κ1) is 14.5. The van der Waals surface area contributed by atoms with E-state index < -0.39 is 0 Å². The number of aliphatic hydroxyl groups is 1. The van der Waals surface area contributed by atoms with E-state index in [4.69, 9.17) is 5.11 Å². The van der Waals surface area contributed by atoms with E-state index in [0.29, 0.717) is 5.92 Å². The number of aliphatic hydroxyl groups excluding tert-OH is 1. The summed E-state index contributed by atoms with van der Waals surface area (Å²) in [5.74, 6) is 0.375. The average Bonchev–Trinajstić information content (AvgIpc) is 2.79. The van der Waals surface area contributed by atoms with Gasteiger partial charge in [-0.1, -0.05) is 19.4 Å². The Morgan fingerprint density at radius 2 is 2.26 bits per heavy atom. The van der Waals surface area contributed by atoms with E-state index in [-0.39, 0.29) is 18.5 Å². The third-order valence-electron chi connectivity index (χ3n) is 4.07. The maximum atomic E-state index is 13.3. The van der Waals surface area contributed by atoms with Crippen molar-refractivity contribution in [2.45, 2.75) is 45.1 Å². The predicted octanol–water partition coefficient (Wildman–Crippen LogP) is 3.20. The van der Waals surface area contributed by atoms with Gasteiger partial charge in [-0.2, -0.15) is 0 Å². The second-order valence-electron chi connectivity index (χ2n) is 5.51. The summed E-state index contributed by atoms with van der Waals surface area (Å²) < 4.78 is 13.3. The van der Waals surface area contributed by atoms with E-state index >= 15 is 0 Å². The van der Waals surface area contributed by atoms with Gasteiger partial charge >= 0.3 is 0 Å². The Morgan fingerprint density at radius 3 is 3.00 bits per heavy atom. The zero-order chi connectivity index (χ0) is 13.7. The van der Waals surface area contributed by atoms with Crippen LogP contribution in [0.25, 0.3) is 0 Å². The van der Waals surface area contributed by atoms with Crippen molar-refractivity contribution in [2.75, 3.05) is 13.2 Å². The van der Waals surface area contributed by atoms with Gasteiger partial charge in [0.05, 0.1) is 0 Å². The van der Waals surface area contributed by atoms with Gasteiger partial charge in [0.25, 0.3) is 0 Å². The minimum absolute atomic E-state index is 0.145. The molecule has 1 aromatic carbocycles. The summed E-state index contributed by atoms with van der Waals surface area (Å²) in [5.41, 5.74) is 2.40. The fraction of sp³-hybridized carbons (Fsp3) is 0.625. The zero-order valence-electron chi connectivity index (χ0n) is 11.7. The Labute approximate surface area is 115 Å². The standard InChI is InChI=1S/C16H24FNO/c1-2-3-12(8-9-19)11-18-16-7-5-13-4-6-14(17)10-15(13)16/h4,6,10,12,16,18-19H,2-3,5,7-9,11H2,1H3. The number of rotatable bonds is 7. The van der Waals surface area contributed by atoms with Crippen molar-refractivity contribution in [3.05, 3.63) is 35.1 Å². The summed E-state index contributed by atoms with van der Waals surface area (Å²) in [5, 5.41) is 12.6. The van der Waals surface area contributed by atoms with Crippen LogP contribution in [0, 0.1) is 11.7 Å². The SMILES string of the molecule is CCCC(CCO)CNC1CCc2ccc(F)cc21. The normalized spacial score (nSPS) is 19.4. The molecule has 0 saturated heterocycles. The Bertz CT molecular complexity index is 402. The Morgan fingerprint density at radius 1 is 1.42 bits per heavy atom. The highest BCUT2D eigenvalue weighted by Crippen LogP contribution is 2.31. The number of aryl methyl sites for hydroxylation is 1. The molecule has 2 nitrogen and oxygen atoms in total. The molecule has 0 aliphatic heterocycles. The first-order valence-electron chi connectivity index (χ1n) is 7.37. The smallest absolute Gasteiger partial charge is 0.123 e. The molecule has 2 rings (SSSR count). The number of benzene rings is 1. The van der Waals surface area contributed by atoms with Crippen LogP contribution in [0.2, 0.25) is 0 Å². The van der Waals surface area contributed by atoms with Gasteiger partial charge in [-0.15, -0.1) is 0 Å². The predicted molar refractivity (Wildman–Crippen MR) is 75.6 cm³/mol. The third kappa shape index (κ3) is 3.77. The maximum absolute atomic E-state index is 13.3. The van der Waals surface area contributed by atoms with Crippen LogP contribution in [-0.2, 0) is 6.42 Å². The number of hydrogen-bond acceptors (Lipinski definition) is 2. The minimum atomic E-state index is -0.145. The average molecular weight is 265 g/mol. The Hall–Kier alpha value is -0.930. The summed E-state index contributed by atoms with van der Waals surface area (Å²) >= 11 is 0. The molecule has 1 aliphatic carbocycles. The lowest BCUT2D eigenvalue weighted by Crippen LogP contribution is -2.27. The minimum Gasteiger partial charge on any atom is -0.396 e. The second-order valence-corrected chi connectivity index (χ2v) is 5.51. The lowest BCUT2D eigenvalue weighted by Gasteiger charge is -2.20. The second kappa shape index (κ2) is 7.01. The van der Waals surface area contributed by atoms with Crippen molar-refractivity contribution >= 4 is 0 Å². The summed E-state index contributed by atoms with van der Waals surface area (Å²) in [6, 6.07) is 5.40. The van der Waals surface area contributed by atoms with Crippen LogP contribution in [0.3, 0.4) is 0 Å². The van der Waals surface area contributed by atoms with Crippen LogP contribution in [0.4, 0.5) is 4.39 Å². The van der Waals surface area contributed by atoms with E-state index in [9.17, 15) is 4.39 Å². The van der Waals surface area contributed by atoms with Crippen molar-refractivity contribution in [3.8, 4) is 0 Å². The van der Waals surface area contributed by atoms with E-state index in [1.807, 2.05) is 6.07 Å². The Kier molecular flexibility index (Phi) is 5.34. The fourth-order valence-corrected chi connectivity index (χ4v) is 3.03. The van der Waals surface area contributed by atoms with Gasteiger partial charge in [0, 0.05) is 12.6 Å². The van der Waals surface area contributed by atoms with Crippen molar-refractivity contribution in [1.29, 1.82) is 0 Å². The molecule has 3 heteroatoms. The van der Waals surface area contributed by atoms with E-state index in [0.717, 1.165) is 44.2 Å². The van der Waals surface area contributed by atoms with Crippen molar-refractivity contribution < 1.29 is 9.50 Å². The molecule has 0 saturated carbocycles. The maximum Gasteiger partial charge on any atom is 0.123 e. The molecule has 0 aromatic heterocycles. The monoisotopic (exact) mass is 265 g/mol. The van der Waals surface area contributed by atoms with Gasteiger partial charge in [-0.05, 0) is 61.4 Å². The third-order valence-corrected chi connectivity index (χ3v) is 4.07. The van der Waals surface area contributed by atoms with Crippen LogP contribution in [0.5, 0.6) is 0 Å². The van der Waals surface area contributed by atoms with Crippen LogP contribution < -0.4 is 5.32 Å². The Balaban J connectivity index is 1.93. The first-order valence-corrected chi connectivity index (χ1v) is 7.37. The highest BCUT2D eigenvalue weighted by Gasteiger charge is 2.23. The number of nitrogens with one attached hydrogen (secondary N) is 1. The van der Waals surface area contributed by atoms with Gasteiger partial charge in [-0.3, -0.25) is 0 Å². The molecular weight excluding hydrogens is 241 g/mol. The highest BCUT2D eigenvalue weighted by atomic mass is 19.1. The molecule has 0 fully saturated rings. The van der Waals surface area contributed by atoms with E-state index in [1.165, 1.54) is 5.56 Å². The number of hydrogen-bond donors (Lipinski definition) is 2. The van der Waals surface area contributed by atoms with Crippen molar-refractivity contribution in [2.24, 2.45) is 5.92 Å². The lowest BCUT2D eigenvalue weighted by atomic mass is 9.99. The molecule has 0 spiro atoms. The quantitative estimate of drug-likeness (QED) is 0.793. The van der Waals surface area contributed by atoms with Crippen molar-refractivity contribution in [3.63, 3.8) is 0 Å². The molecule has 2 N–H and O–H groups in total. The molecule has 2 atom stereocenters. The van der Waals surface area contributed by atoms with Gasteiger partial charge < -0.3 is 10.4 Å². The van der Waals surface area contributed by atoms with Gasteiger partial charge in [-0.25, -0.2) is 4.39 Å². The van der Waals surface area contributed by atoms with E-state index in [1.54, 1.807) is 12.1 Å².